The SMILES string of the molecule is COCCC1CN(C(=O)COc2ccc(Cl)cc2)CCN1Cc1ccc(F)cc1. The monoisotopic (exact) mass is 420 g/mol. The van der Waals surface area contributed by atoms with E-state index in [9.17, 15) is 9.18 Å². The van der Waals surface area contributed by atoms with E-state index in [4.69, 9.17) is 21.1 Å². The molecule has 1 saturated heterocycles. The van der Waals surface area contributed by atoms with Crippen LogP contribution >= 0.6 is 11.6 Å². The number of methoxy groups -OCH3 is 1. The van der Waals surface area contributed by atoms with Crippen molar-refractivity contribution in [2.24, 2.45) is 0 Å². The van der Waals surface area contributed by atoms with Crippen molar-refractivity contribution >= 4 is 17.5 Å². The van der Waals surface area contributed by atoms with Gasteiger partial charge in [-0.2, -0.15) is 0 Å². The molecule has 0 aliphatic carbocycles. The summed E-state index contributed by atoms with van der Waals surface area (Å²) in [4.78, 5) is 16.8. The average Bonchev–Trinajstić information content (AvgIpc) is 2.74. The average molecular weight is 421 g/mol. The lowest BCUT2D eigenvalue weighted by Crippen LogP contribution is -2.55. The van der Waals surface area contributed by atoms with Gasteiger partial charge in [0.2, 0.25) is 0 Å². The maximum atomic E-state index is 13.2. The van der Waals surface area contributed by atoms with Gasteiger partial charge in [0, 0.05) is 51.0 Å². The van der Waals surface area contributed by atoms with Crippen LogP contribution in [0.25, 0.3) is 0 Å². The molecule has 0 saturated carbocycles. The van der Waals surface area contributed by atoms with E-state index in [1.54, 1.807) is 43.5 Å². The Hall–Kier alpha value is -2.15. The Morgan fingerprint density at radius 3 is 2.55 bits per heavy atom. The first kappa shape index (κ1) is 21.6. The van der Waals surface area contributed by atoms with E-state index in [1.165, 1.54) is 12.1 Å². The summed E-state index contributed by atoms with van der Waals surface area (Å²) in [7, 11) is 1.68. The normalized spacial score (nSPS) is 17.3. The van der Waals surface area contributed by atoms with Gasteiger partial charge in [0.1, 0.15) is 11.6 Å². The van der Waals surface area contributed by atoms with Crippen LogP contribution in [0.2, 0.25) is 5.02 Å². The van der Waals surface area contributed by atoms with Crippen LogP contribution in [-0.4, -0.2) is 61.7 Å². The Kier molecular flexibility index (Phi) is 7.86. The van der Waals surface area contributed by atoms with Gasteiger partial charge in [-0.05, 0) is 48.4 Å². The molecule has 1 atom stereocenters. The number of amides is 1. The molecule has 3 rings (SSSR count). The van der Waals surface area contributed by atoms with Crippen molar-refractivity contribution in [2.45, 2.75) is 19.0 Å². The van der Waals surface area contributed by atoms with Crippen molar-refractivity contribution in [3.63, 3.8) is 0 Å². The van der Waals surface area contributed by atoms with Crippen LogP contribution in [0.1, 0.15) is 12.0 Å². The number of hydrogen-bond donors (Lipinski definition) is 0. The van der Waals surface area contributed by atoms with Gasteiger partial charge in [-0.15, -0.1) is 0 Å². The van der Waals surface area contributed by atoms with Crippen LogP contribution in [0.3, 0.4) is 0 Å². The van der Waals surface area contributed by atoms with E-state index in [0.717, 1.165) is 25.1 Å². The molecule has 0 aromatic heterocycles. The standard InChI is InChI=1S/C22H26ClFN2O3/c1-28-13-10-20-15-26(22(27)16-29-21-8-4-18(23)5-9-21)12-11-25(20)14-17-2-6-19(24)7-3-17/h2-9,20H,10-16H2,1H3. The third-order valence-electron chi connectivity index (χ3n) is 5.09. The second kappa shape index (κ2) is 10.6. The van der Waals surface area contributed by atoms with E-state index in [1.807, 2.05) is 4.90 Å². The Balaban J connectivity index is 1.57. The number of nitrogens with zero attached hydrogens (tertiary/aromatic N) is 2. The lowest BCUT2D eigenvalue weighted by molar-refractivity contribution is -0.136. The summed E-state index contributed by atoms with van der Waals surface area (Å²) in [5, 5.41) is 0.627. The molecule has 1 aliphatic rings. The van der Waals surface area contributed by atoms with Gasteiger partial charge in [-0.1, -0.05) is 23.7 Å². The Morgan fingerprint density at radius 1 is 1.14 bits per heavy atom. The zero-order chi connectivity index (χ0) is 20.6. The summed E-state index contributed by atoms with van der Waals surface area (Å²) in [6.45, 7) is 3.34. The first-order valence-electron chi connectivity index (χ1n) is 9.68. The Labute approximate surface area is 176 Å². The largest absolute Gasteiger partial charge is 0.484 e. The first-order valence-corrected chi connectivity index (χ1v) is 10.1. The molecule has 1 amide bonds. The molecule has 1 aliphatic heterocycles. The molecule has 1 fully saturated rings. The molecule has 2 aromatic rings. The predicted octanol–water partition coefficient (Wildman–Crippen LogP) is 3.61. The minimum absolute atomic E-state index is 0.00338. The zero-order valence-corrected chi connectivity index (χ0v) is 17.3. The van der Waals surface area contributed by atoms with Crippen molar-refractivity contribution in [3.8, 4) is 5.75 Å². The summed E-state index contributed by atoms with van der Waals surface area (Å²) in [5.41, 5.74) is 1.06. The molecule has 29 heavy (non-hydrogen) atoms. The first-order chi connectivity index (χ1) is 14.0. The highest BCUT2D eigenvalue weighted by atomic mass is 35.5. The topological polar surface area (TPSA) is 42.0 Å². The molecular weight excluding hydrogens is 395 g/mol. The fraction of sp³-hybridized carbons (Fsp3) is 0.409. The van der Waals surface area contributed by atoms with Gasteiger partial charge in [-0.3, -0.25) is 9.69 Å². The van der Waals surface area contributed by atoms with Crippen molar-refractivity contribution in [3.05, 3.63) is 64.9 Å². The quantitative estimate of drug-likeness (QED) is 0.654. The highest BCUT2D eigenvalue weighted by Crippen LogP contribution is 2.19. The third kappa shape index (κ3) is 6.42. The molecule has 0 radical (unpaired) electrons. The smallest absolute Gasteiger partial charge is 0.260 e. The number of ether oxygens (including phenoxy) is 2. The number of benzene rings is 2. The molecule has 0 N–H and O–H groups in total. The molecule has 1 heterocycles. The summed E-state index contributed by atoms with van der Waals surface area (Å²) in [6.07, 6.45) is 0.819. The van der Waals surface area contributed by atoms with Gasteiger partial charge >= 0.3 is 0 Å². The maximum absolute atomic E-state index is 13.2. The van der Waals surface area contributed by atoms with Gasteiger partial charge < -0.3 is 14.4 Å². The van der Waals surface area contributed by atoms with E-state index < -0.39 is 0 Å². The van der Waals surface area contributed by atoms with Crippen molar-refractivity contribution in [2.75, 3.05) is 40.0 Å². The second-order valence-corrected chi connectivity index (χ2v) is 7.55. The Bertz CT molecular complexity index is 786. The lowest BCUT2D eigenvalue weighted by Gasteiger charge is -2.41. The minimum atomic E-state index is -0.235. The molecule has 0 bridgehead atoms. The van der Waals surface area contributed by atoms with Crippen molar-refractivity contribution in [1.82, 2.24) is 9.80 Å². The molecule has 1 unspecified atom stereocenters. The molecular formula is C22H26ClFN2O3. The third-order valence-corrected chi connectivity index (χ3v) is 5.34. The number of piperazine rings is 1. The highest BCUT2D eigenvalue weighted by Gasteiger charge is 2.29. The van der Waals surface area contributed by atoms with Crippen LogP contribution < -0.4 is 4.74 Å². The number of halogens is 2. The van der Waals surface area contributed by atoms with Crippen LogP contribution in [0.4, 0.5) is 4.39 Å². The number of carbonyl (C=O) groups excluding carboxylic acids is 1. The van der Waals surface area contributed by atoms with Gasteiger partial charge in [0.05, 0.1) is 0 Å². The molecule has 156 valence electrons. The fourth-order valence-electron chi connectivity index (χ4n) is 3.45. The molecule has 5 nitrogen and oxygen atoms in total. The van der Waals surface area contributed by atoms with Crippen LogP contribution in [-0.2, 0) is 16.1 Å². The van der Waals surface area contributed by atoms with E-state index in [2.05, 4.69) is 4.90 Å². The number of rotatable bonds is 8. The maximum Gasteiger partial charge on any atom is 0.260 e. The summed E-state index contributed by atoms with van der Waals surface area (Å²) >= 11 is 5.87. The minimum Gasteiger partial charge on any atom is -0.484 e. The summed E-state index contributed by atoms with van der Waals surface area (Å²) in [6, 6.07) is 13.7. The molecule has 7 heteroatoms. The highest BCUT2D eigenvalue weighted by molar-refractivity contribution is 6.30. The lowest BCUT2D eigenvalue weighted by atomic mass is 10.1. The van der Waals surface area contributed by atoms with Gasteiger partial charge in [0.25, 0.3) is 5.91 Å². The van der Waals surface area contributed by atoms with Crippen LogP contribution in [0.15, 0.2) is 48.5 Å². The van der Waals surface area contributed by atoms with Crippen LogP contribution in [0, 0.1) is 5.82 Å². The number of hydrogen-bond acceptors (Lipinski definition) is 4. The predicted molar refractivity (Wildman–Crippen MR) is 111 cm³/mol. The molecule has 2 aromatic carbocycles. The second-order valence-electron chi connectivity index (χ2n) is 7.11. The van der Waals surface area contributed by atoms with E-state index in [-0.39, 0.29) is 24.4 Å². The van der Waals surface area contributed by atoms with Crippen molar-refractivity contribution in [1.29, 1.82) is 0 Å². The zero-order valence-electron chi connectivity index (χ0n) is 16.5. The fourth-order valence-corrected chi connectivity index (χ4v) is 3.57. The van der Waals surface area contributed by atoms with Crippen LogP contribution in [0.5, 0.6) is 5.75 Å². The summed E-state index contributed by atoms with van der Waals surface area (Å²) < 4.78 is 24.0. The van der Waals surface area contributed by atoms with Gasteiger partial charge in [-0.25, -0.2) is 4.39 Å². The van der Waals surface area contributed by atoms with Gasteiger partial charge in [0.15, 0.2) is 6.61 Å². The van der Waals surface area contributed by atoms with E-state index in [0.29, 0.717) is 30.5 Å². The number of carbonyl (C=O) groups is 1. The molecule has 0 spiro atoms. The van der Waals surface area contributed by atoms with Crippen molar-refractivity contribution < 1.29 is 18.7 Å². The Morgan fingerprint density at radius 2 is 1.86 bits per heavy atom. The summed E-state index contributed by atoms with van der Waals surface area (Å²) in [5.74, 6) is 0.346. The van der Waals surface area contributed by atoms with E-state index >= 15 is 0 Å².